The van der Waals surface area contributed by atoms with Crippen LogP contribution in [0, 0.1) is 5.92 Å². The molecule has 0 N–H and O–H groups in total. The molecule has 2 nitrogen and oxygen atoms in total. The maximum absolute atomic E-state index is 12.1. The average Bonchev–Trinajstić information content (AvgIpc) is 2.88. The highest BCUT2D eigenvalue weighted by Gasteiger charge is 2.15. The van der Waals surface area contributed by atoms with E-state index in [2.05, 4.69) is 11.1 Å². The predicted molar refractivity (Wildman–Crippen MR) is 84.1 cm³/mol. The second-order valence-corrected chi connectivity index (χ2v) is 6.95. The molecular weight excluding hydrogens is 266 g/mol. The Morgan fingerprint density at radius 1 is 1.20 bits per heavy atom. The molecule has 106 valence electrons. The summed E-state index contributed by atoms with van der Waals surface area (Å²) in [6.07, 6.45) is 9.10. The molecule has 1 aromatic heterocycles. The first-order valence-electron chi connectivity index (χ1n) is 7.67. The van der Waals surface area contributed by atoms with Gasteiger partial charge >= 0.3 is 0 Å². The molecule has 3 rings (SSSR count). The maximum atomic E-state index is 12.1. The summed E-state index contributed by atoms with van der Waals surface area (Å²) in [5, 5.41) is 0.972. The molecule has 0 bridgehead atoms. The quantitative estimate of drug-likeness (QED) is 0.793. The molecular formula is C17H21NOS. The van der Waals surface area contributed by atoms with Crippen LogP contribution in [0.5, 0.6) is 0 Å². The van der Waals surface area contributed by atoms with Gasteiger partial charge in [-0.25, -0.2) is 4.98 Å². The third-order valence-corrected chi connectivity index (χ3v) is 5.28. The third-order valence-electron chi connectivity index (χ3n) is 4.24. The van der Waals surface area contributed by atoms with E-state index in [4.69, 9.17) is 0 Å². The molecule has 1 fully saturated rings. The van der Waals surface area contributed by atoms with Crippen molar-refractivity contribution in [2.45, 2.75) is 51.4 Å². The number of carbonyl (C=O) groups is 1. The van der Waals surface area contributed by atoms with E-state index in [0.29, 0.717) is 12.2 Å². The van der Waals surface area contributed by atoms with Gasteiger partial charge in [0.2, 0.25) is 0 Å². The molecule has 0 amide bonds. The van der Waals surface area contributed by atoms with Crippen molar-refractivity contribution in [1.29, 1.82) is 0 Å². The SMILES string of the molecule is O=C(CCC1CCCCC1)Cc1nc2ccccc2s1. The van der Waals surface area contributed by atoms with Crippen LogP contribution in [0.1, 0.15) is 50.0 Å². The molecule has 0 spiro atoms. The van der Waals surface area contributed by atoms with Crippen LogP contribution in [0.2, 0.25) is 0 Å². The number of rotatable bonds is 5. The lowest BCUT2D eigenvalue weighted by Gasteiger charge is -2.20. The van der Waals surface area contributed by atoms with Gasteiger partial charge in [-0.3, -0.25) is 4.79 Å². The van der Waals surface area contributed by atoms with E-state index in [1.54, 1.807) is 11.3 Å². The van der Waals surface area contributed by atoms with Crippen molar-refractivity contribution < 1.29 is 4.79 Å². The molecule has 0 atom stereocenters. The Labute approximate surface area is 124 Å². The summed E-state index contributed by atoms with van der Waals surface area (Å²) in [5.41, 5.74) is 1.02. The van der Waals surface area contributed by atoms with Crippen LogP contribution in [0.15, 0.2) is 24.3 Å². The summed E-state index contributed by atoms with van der Waals surface area (Å²) in [6, 6.07) is 8.11. The van der Waals surface area contributed by atoms with Gasteiger partial charge in [-0.1, -0.05) is 44.2 Å². The van der Waals surface area contributed by atoms with Crippen molar-refractivity contribution in [3.05, 3.63) is 29.3 Å². The smallest absolute Gasteiger partial charge is 0.139 e. The minimum Gasteiger partial charge on any atom is -0.299 e. The summed E-state index contributed by atoms with van der Waals surface area (Å²) < 4.78 is 1.18. The summed E-state index contributed by atoms with van der Waals surface area (Å²) in [7, 11) is 0. The minimum atomic E-state index is 0.356. The number of benzene rings is 1. The molecule has 1 aromatic carbocycles. The van der Waals surface area contributed by atoms with Gasteiger partial charge in [-0.05, 0) is 24.5 Å². The van der Waals surface area contributed by atoms with Gasteiger partial charge in [0.15, 0.2) is 0 Å². The fraction of sp³-hybridized carbons (Fsp3) is 0.529. The van der Waals surface area contributed by atoms with Crippen molar-refractivity contribution in [2.24, 2.45) is 5.92 Å². The monoisotopic (exact) mass is 287 g/mol. The Morgan fingerprint density at radius 2 is 2.00 bits per heavy atom. The molecule has 20 heavy (non-hydrogen) atoms. The lowest BCUT2D eigenvalue weighted by molar-refractivity contribution is -0.118. The minimum absolute atomic E-state index is 0.356. The summed E-state index contributed by atoms with van der Waals surface area (Å²) in [6.45, 7) is 0. The molecule has 0 saturated heterocycles. The van der Waals surface area contributed by atoms with Gasteiger partial charge in [0.05, 0.1) is 16.6 Å². The van der Waals surface area contributed by atoms with E-state index in [9.17, 15) is 4.79 Å². The number of para-hydroxylation sites is 1. The Bertz CT molecular complexity index is 550. The zero-order chi connectivity index (χ0) is 13.8. The number of hydrogen-bond acceptors (Lipinski definition) is 3. The average molecular weight is 287 g/mol. The maximum Gasteiger partial charge on any atom is 0.139 e. The van der Waals surface area contributed by atoms with Crippen molar-refractivity contribution in [2.75, 3.05) is 0 Å². The first-order chi connectivity index (χ1) is 9.81. The van der Waals surface area contributed by atoms with Crippen LogP contribution in [0.25, 0.3) is 10.2 Å². The number of nitrogens with zero attached hydrogens (tertiary/aromatic N) is 1. The largest absolute Gasteiger partial charge is 0.299 e. The van der Waals surface area contributed by atoms with Crippen molar-refractivity contribution in [3.8, 4) is 0 Å². The lowest BCUT2D eigenvalue weighted by atomic mass is 9.85. The molecule has 3 heteroatoms. The van der Waals surface area contributed by atoms with Gasteiger partial charge in [0.25, 0.3) is 0 Å². The van der Waals surface area contributed by atoms with E-state index in [1.807, 2.05) is 18.2 Å². The predicted octanol–water partition coefficient (Wildman–Crippen LogP) is 4.77. The van der Waals surface area contributed by atoms with Crippen molar-refractivity contribution in [1.82, 2.24) is 4.98 Å². The molecule has 1 saturated carbocycles. The molecule has 0 unspecified atom stereocenters. The standard InChI is InChI=1S/C17H21NOS/c19-14(11-10-13-6-2-1-3-7-13)12-17-18-15-8-4-5-9-16(15)20-17/h4-5,8-9,13H,1-3,6-7,10-12H2. The third kappa shape index (κ3) is 3.45. The summed E-state index contributed by atoms with van der Waals surface area (Å²) >= 11 is 1.66. The number of aromatic nitrogens is 1. The normalized spacial score (nSPS) is 16.6. The number of ketones is 1. The van der Waals surface area contributed by atoms with E-state index in [0.717, 1.165) is 29.3 Å². The molecule has 2 aromatic rings. The Hall–Kier alpha value is -1.22. The highest BCUT2D eigenvalue weighted by atomic mass is 32.1. The van der Waals surface area contributed by atoms with Gasteiger partial charge in [-0.2, -0.15) is 0 Å². The second kappa shape index (κ2) is 6.49. The molecule has 1 heterocycles. The van der Waals surface area contributed by atoms with E-state index >= 15 is 0 Å². The molecule has 1 aliphatic carbocycles. The first-order valence-corrected chi connectivity index (χ1v) is 8.49. The van der Waals surface area contributed by atoms with Crippen LogP contribution in [0.3, 0.4) is 0 Å². The van der Waals surface area contributed by atoms with Crippen LogP contribution < -0.4 is 0 Å². The van der Waals surface area contributed by atoms with Gasteiger partial charge in [0.1, 0.15) is 10.8 Å². The summed E-state index contributed by atoms with van der Waals surface area (Å²) in [5.74, 6) is 1.15. The number of Topliss-reactive ketones (excluding diaryl/α,β-unsaturated/α-hetero) is 1. The number of fused-ring (bicyclic) bond motifs is 1. The number of hydrogen-bond donors (Lipinski definition) is 0. The van der Waals surface area contributed by atoms with E-state index in [1.165, 1.54) is 36.8 Å². The van der Waals surface area contributed by atoms with Crippen LogP contribution in [-0.4, -0.2) is 10.8 Å². The van der Waals surface area contributed by atoms with Crippen LogP contribution >= 0.6 is 11.3 Å². The van der Waals surface area contributed by atoms with Gasteiger partial charge in [0, 0.05) is 6.42 Å². The Balaban J connectivity index is 1.52. The first kappa shape index (κ1) is 13.7. The number of carbonyl (C=O) groups excluding carboxylic acids is 1. The Kier molecular flexibility index (Phi) is 4.46. The molecule has 0 radical (unpaired) electrons. The van der Waals surface area contributed by atoms with Crippen LogP contribution in [0.4, 0.5) is 0 Å². The van der Waals surface area contributed by atoms with E-state index < -0.39 is 0 Å². The topological polar surface area (TPSA) is 30.0 Å². The summed E-state index contributed by atoms with van der Waals surface area (Å²) in [4.78, 5) is 16.6. The zero-order valence-electron chi connectivity index (χ0n) is 11.8. The highest BCUT2D eigenvalue weighted by Crippen LogP contribution is 2.28. The molecule has 1 aliphatic rings. The van der Waals surface area contributed by atoms with Gasteiger partial charge in [-0.15, -0.1) is 11.3 Å². The lowest BCUT2D eigenvalue weighted by Crippen LogP contribution is -2.10. The van der Waals surface area contributed by atoms with E-state index in [-0.39, 0.29) is 0 Å². The van der Waals surface area contributed by atoms with Crippen LogP contribution in [-0.2, 0) is 11.2 Å². The second-order valence-electron chi connectivity index (χ2n) is 5.83. The zero-order valence-corrected chi connectivity index (χ0v) is 12.6. The fourth-order valence-corrected chi connectivity index (χ4v) is 4.09. The highest BCUT2D eigenvalue weighted by molar-refractivity contribution is 7.18. The van der Waals surface area contributed by atoms with Crippen molar-refractivity contribution in [3.63, 3.8) is 0 Å². The van der Waals surface area contributed by atoms with Crippen molar-refractivity contribution >= 4 is 27.3 Å². The molecule has 0 aliphatic heterocycles. The fourth-order valence-electron chi connectivity index (χ4n) is 3.09. The number of thiazole rings is 1. The van der Waals surface area contributed by atoms with Gasteiger partial charge < -0.3 is 0 Å². The Morgan fingerprint density at radius 3 is 2.80 bits per heavy atom.